The number of allylic oxidation sites excluding steroid dienone is 1. The highest BCUT2D eigenvalue weighted by Crippen LogP contribution is 2.51. The van der Waals surface area contributed by atoms with Crippen molar-refractivity contribution in [2.45, 2.75) is 37.2 Å². The Bertz CT molecular complexity index is 950. The topological polar surface area (TPSA) is 57.6 Å². The number of hydrogen-bond acceptors (Lipinski definition) is 3. The van der Waals surface area contributed by atoms with Gasteiger partial charge in [-0.15, -0.1) is 0 Å². The van der Waals surface area contributed by atoms with E-state index in [-0.39, 0.29) is 23.8 Å². The van der Waals surface area contributed by atoms with Crippen LogP contribution in [-0.4, -0.2) is 34.5 Å². The molecule has 1 saturated carbocycles. The molecule has 5 rings (SSSR count). The maximum atomic E-state index is 12.6. The third-order valence-electron chi connectivity index (χ3n) is 6.29. The zero-order chi connectivity index (χ0) is 18.6. The number of rotatable bonds is 3. The molecule has 2 aromatic carbocycles. The first-order chi connectivity index (χ1) is 13.1. The van der Waals surface area contributed by atoms with Crippen molar-refractivity contribution in [1.82, 2.24) is 4.90 Å². The van der Waals surface area contributed by atoms with Gasteiger partial charge in [0.05, 0.1) is 23.8 Å². The summed E-state index contributed by atoms with van der Waals surface area (Å²) in [5.74, 6) is -0.644. The van der Waals surface area contributed by atoms with Crippen molar-refractivity contribution in [2.75, 3.05) is 6.54 Å². The van der Waals surface area contributed by atoms with Crippen molar-refractivity contribution in [3.8, 4) is 0 Å². The van der Waals surface area contributed by atoms with Gasteiger partial charge in [-0.05, 0) is 41.7 Å². The predicted octanol–water partition coefficient (Wildman–Crippen LogP) is 3.55. The van der Waals surface area contributed by atoms with Crippen molar-refractivity contribution >= 4 is 17.4 Å². The number of β-amino-alcohol motifs (C(OH)–C–C–N with tert-alkyl or cyclic N) is 1. The molecule has 0 aromatic heterocycles. The molecule has 0 radical (unpaired) electrons. The zero-order valence-electron chi connectivity index (χ0n) is 15.0. The number of aliphatic hydroxyl groups excluding tert-OH is 1. The van der Waals surface area contributed by atoms with Crippen LogP contribution in [0.5, 0.6) is 0 Å². The smallest absolute Gasteiger partial charge is 0.261 e. The average Bonchev–Trinajstić information content (AvgIpc) is 3.36. The normalized spacial score (nSPS) is 20.8. The molecular formula is C23H21NO3. The number of imide groups is 1. The number of benzene rings is 2. The number of nitrogens with zero attached hydrogens (tertiary/aromatic N) is 1. The Morgan fingerprint density at radius 1 is 0.889 bits per heavy atom. The quantitative estimate of drug-likeness (QED) is 0.853. The first-order valence-electron chi connectivity index (χ1n) is 9.57. The van der Waals surface area contributed by atoms with Gasteiger partial charge in [0.25, 0.3) is 11.8 Å². The van der Waals surface area contributed by atoms with Gasteiger partial charge < -0.3 is 5.11 Å². The number of fused-ring (bicyclic) bond motifs is 3. The Labute approximate surface area is 158 Å². The van der Waals surface area contributed by atoms with Gasteiger partial charge in [-0.25, -0.2) is 0 Å². The second kappa shape index (κ2) is 5.89. The molecule has 2 amide bonds. The molecule has 2 aromatic rings. The average molecular weight is 359 g/mol. The standard InChI is InChI=1S/C23H21NO3/c25-20(14-24-21(26)16-8-1-2-9-17(16)22(24)27)18-13-23(11-5-6-12-23)19-10-4-3-7-15(18)19/h1-4,7-10,13,20,25H,5-6,11-12,14H2. The molecule has 1 atom stereocenters. The zero-order valence-corrected chi connectivity index (χ0v) is 15.0. The number of hydrogen-bond donors (Lipinski definition) is 1. The summed E-state index contributed by atoms with van der Waals surface area (Å²) in [6.45, 7) is -0.0113. The van der Waals surface area contributed by atoms with Crippen molar-refractivity contribution in [3.05, 3.63) is 76.9 Å². The summed E-state index contributed by atoms with van der Waals surface area (Å²) >= 11 is 0. The van der Waals surface area contributed by atoms with Gasteiger partial charge >= 0.3 is 0 Å². The van der Waals surface area contributed by atoms with Gasteiger partial charge in [0.15, 0.2) is 0 Å². The van der Waals surface area contributed by atoms with Crippen LogP contribution < -0.4 is 0 Å². The van der Waals surface area contributed by atoms with Crippen molar-refractivity contribution in [2.24, 2.45) is 0 Å². The Morgan fingerprint density at radius 2 is 1.44 bits per heavy atom. The predicted molar refractivity (Wildman–Crippen MR) is 102 cm³/mol. The molecule has 4 heteroatoms. The summed E-state index contributed by atoms with van der Waals surface area (Å²) in [6, 6.07) is 15.1. The van der Waals surface area contributed by atoms with Crippen LogP contribution in [0.15, 0.2) is 54.6 Å². The van der Waals surface area contributed by atoms with E-state index in [2.05, 4.69) is 12.1 Å². The number of aliphatic hydroxyl groups is 1. The van der Waals surface area contributed by atoms with Gasteiger partial charge in [-0.1, -0.05) is 55.3 Å². The molecule has 0 bridgehead atoms. The fourth-order valence-corrected chi connectivity index (χ4v) is 4.99. The van der Waals surface area contributed by atoms with Crippen molar-refractivity contribution in [1.29, 1.82) is 0 Å². The van der Waals surface area contributed by atoms with Gasteiger partial charge in [0.1, 0.15) is 0 Å². The molecule has 0 saturated heterocycles. The van der Waals surface area contributed by atoms with Crippen molar-refractivity contribution in [3.63, 3.8) is 0 Å². The third-order valence-corrected chi connectivity index (χ3v) is 6.29. The molecule has 136 valence electrons. The van der Waals surface area contributed by atoms with Gasteiger partial charge in [0.2, 0.25) is 0 Å². The van der Waals surface area contributed by atoms with E-state index >= 15 is 0 Å². The first-order valence-corrected chi connectivity index (χ1v) is 9.57. The molecule has 1 fully saturated rings. The lowest BCUT2D eigenvalue weighted by molar-refractivity contribution is 0.0592. The van der Waals surface area contributed by atoms with Crippen LogP contribution in [0.1, 0.15) is 57.5 Å². The van der Waals surface area contributed by atoms with E-state index < -0.39 is 6.10 Å². The Kier molecular flexibility index (Phi) is 3.59. The highest BCUT2D eigenvalue weighted by atomic mass is 16.3. The lowest BCUT2D eigenvalue weighted by Crippen LogP contribution is -2.37. The van der Waals surface area contributed by atoms with Crippen LogP contribution in [0.3, 0.4) is 0 Å². The van der Waals surface area contributed by atoms with Gasteiger partial charge in [-0.2, -0.15) is 0 Å². The van der Waals surface area contributed by atoms with E-state index in [1.807, 2.05) is 18.2 Å². The Hall–Kier alpha value is -2.72. The molecule has 1 spiro atoms. The molecule has 1 unspecified atom stereocenters. The number of amides is 2. The molecule has 4 nitrogen and oxygen atoms in total. The molecule has 27 heavy (non-hydrogen) atoms. The van der Waals surface area contributed by atoms with E-state index in [0.29, 0.717) is 11.1 Å². The maximum Gasteiger partial charge on any atom is 0.261 e. The van der Waals surface area contributed by atoms with E-state index in [9.17, 15) is 14.7 Å². The van der Waals surface area contributed by atoms with E-state index in [1.165, 1.54) is 23.3 Å². The fraction of sp³-hybridized carbons (Fsp3) is 0.304. The molecule has 1 heterocycles. The third kappa shape index (κ3) is 2.33. The first kappa shape index (κ1) is 16.5. The highest BCUT2D eigenvalue weighted by molar-refractivity contribution is 6.21. The minimum Gasteiger partial charge on any atom is -0.387 e. The lowest BCUT2D eigenvalue weighted by Gasteiger charge is -2.22. The molecule has 2 aliphatic carbocycles. The van der Waals surface area contributed by atoms with Gasteiger partial charge in [-0.3, -0.25) is 14.5 Å². The Morgan fingerprint density at radius 3 is 2.07 bits per heavy atom. The summed E-state index contributed by atoms with van der Waals surface area (Å²) < 4.78 is 0. The maximum absolute atomic E-state index is 12.6. The minimum atomic E-state index is -0.881. The van der Waals surface area contributed by atoms with E-state index in [0.717, 1.165) is 24.0 Å². The second-order valence-electron chi connectivity index (χ2n) is 7.79. The van der Waals surface area contributed by atoms with E-state index in [4.69, 9.17) is 0 Å². The lowest BCUT2D eigenvalue weighted by atomic mass is 9.81. The van der Waals surface area contributed by atoms with Crippen molar-refractivity contribution < 1.29 is 14.7 Å². The monoisotopic (exact) mass is 359 g/mol. The molecule has 1 N–H and O–H groups in total. The van der Waals surface area contributed by atoms with Crippen LogP contribution in [0.4, 0.5) is 0 Å². The van der Waals surface area contributed by atoms with Crippen LogP contribution in [0, 0.1) is 0 Å². The summed E-state index contributed by atoms with van der Waals surface area (Å²) in [7, 11) is 0. The SMILES string of the molecule is O=C1c2ccccc2C(=O)N1CC(O)C1=CC2(CCCC2)c2ccccc21. The van der Waals surface area contributed by atoms with Crippen LogP contribution in [-0.2, 0) is 5.41 Å². The van der Waals surface area contributed by atoms with Crippen LogP contribution in [0.25, 0.3) is 5.57 Å². The molecule has 3 aliphatic rings. The van der Waals surface area contributed by atoms with Crippen LogP contribution >= 0.6 is 0 Å². The molecule has 1 aliphatic heterocycles. The number of carbonyl (C=O) groups is 2. The summed E-state index contributed by atoms with van der Waals surface area (Å²) in [4.78, 5) is 26.4. The summed E-state index contributed by atoms with van der Waals surface area (Å²) in [6.07, 6.45) is 5.88. The summed E-state index contributed by atoms with van der Waals surface area (Å²) in [5, 5.41) is 11.0. The minimum absolute atomic E-state index is 0.00883. The molecular weight excluding hydrogens is 338 g/mol. The Balaban J connectivity index is 1.46. The highest BCUT2D eigenvalue weighted by Gasteiger charge is 2.43. The van der Waals surface area contributed by atoms with E-state index in [1.54, 1.807) is 24.3 Å². The fourth-order valence-electron chi connectivity index (χ4n) is 4.99. The van der Waals surface area contributed by atoms with Gasteiger partial charge in [0, 0.05) is 5.41 Å². The largest absolute Gasteiger partial charge is 0.387 e. The second-order valence-corrected chi connectivity index (χ2v) is 7.79. The summed E-state index contributed by atoms with van der Waals surface area (Å²) in [5.41, 5.74) is 4.03. The van der Waals surface area contributed by atoms with Crippen LogP contribution in [0.2, 0.25) is 0 Å². The number of carbonyl (C=O) groups excluding carboxylic acids is 2.